The van der Waals surface area contributed by atoms with Crippen LogP contribution in [0.15, 0.2) is 48.5 Å². The first-order chi connectivity index (χ1) is 13.0. The number of carbonyl (C=O) groups excluding carboxylic acids is 2. The Balaban J connectivity index is 1.52. The third-order valence-corrected chi connectivity index (χ3v) is 4.06. The van der Waals surface area contributed by atoms with Crippen molar-refractivity contribution in [1.82, 2.24) is 10.4 Å². The number of anilines is 1. The normalized spacial score (nSPS) is 15.8. The van der Waals surface area contributed by atoms with Gasteiger partial charge >= 0.3 is 0 Å². The molecule has 0 radical (unpaired) electrons. The summed E-state index contributed by atoms with van der Waals surface area (Å²) in [5.74, 6) is 5.68. The molecule has 0 spiro atoms. The zero-order valence-corrected chi connectivity index (χ0v) is 14.5. The second-order valence-electron chi connectivity index (χ2n) is 6.01. The maximum atomic E-state index is 12.2. The van der Waals surface area contributed by atoms with Gasteiger partial charge in [-0.3, -0.25) is 14.8 Å². The van der Waals surface area contributed by atoms with Crippen molar-refractivity contribution in [3.8, 4) is 17.6 Å². The van der Waals surface area contributed by atoms with Crippen LogP contribution in [0.2, 0.25) is 0 Å². The first-order valence-electron chi connectivity index (χ1n) is 8.41. The molecule has 1 aliphatic rings. The number of carbonyl (C=O) groups is 2. The van der Waals surface area contributed by atoms with Gasteiger partial charge in [0.05, 0.1) is 6.54 Å². The van der Waals surface area contributed by atoms with E-state index in [1.54, 1.807) is 48.5 Å². The largest absolute Gasteiger partial charge is 0.481 e. The molecule has 7 nitrogen and oxygen atoms in total. The van der Waals surface area contributed by atoms with Crippen molar-refractivity contribution in [3.05, 3.63) is 59.7 Å². The average molecular weight is 365 g/mol. The van der Waals surface area contributed by atoms with Gasteiger partial charge in [-0.15, -0.1) is 0 Å². The minimum absolute atomic E-state index is 0.219. The molecule has 0 aliphatic carbocycles. The van der Waals surface area contributed by atoms with Crippen molar-refractivity contribution < 1.29 is 19.5 Å². The van der Waals surface area contributed by atoms with Gasteiger partial charge in [0.1, 0.15) is 18.4 Å². The summed E-state index contributed by atoms with van der Waals surface area (Å²) in [6.45, 7) is 0.449. The van der Waals surface area contributed by atoms with Crippen LogP contribution in [0.1, 0.15) is 22.3 Å². The van der Waals surface area contributed by atoms with Gasteiger partial charge in [0.25, 0.3) is 11.8 Å². The number of hydrogen-bond acceptors (Lipinski definition) is 5. The minimum atomic E-state index is -0.688. The molecule has 1 saturated heterocycles. The lowest BCUT2D eigenvalue weighted by Crippen LogP contribution is -2.40. The highest BCUT2D eigenvalue weighted by Crippen LogP contribution is 2.13. The molecule has 0 bridgehead atoms. The van der Waals surface area contributed by atoms with Gasteiger partial charge in [-0.2, -0.15) is 0 Å². The van der Waals surface area contributed by atoms with Crippen LogP contribution in [-0.2, 0) is 4.79 Å². The Morgan fingerprint density at radius 2 is 1.93 bits per heavy atom. The molecule has 1 unspecified atom stereocenters. The molecule has 2 amide bonds. The molecule has 1 heterocycles. The van der Waals surface area contributed by atoms with Crippen LogP contribution in [0.25, 0.3) is 0 Å². The molecule has 1 aliphatic heterocycles. The van der Waals surface area contributed by atoms with E-state index in [0.717, 1.165) is 5.56 Å². The number of hydrogen-bond donors (Lipinski definition) is 3. The summed E-state index contributed by atoms with van der Waals surface area (Å²) in [6, 6.07) is 13.1. The van der Waals surface area contributed by atoms with E-state index < -0.39 is 11.9 Å². The van der Waals surface area contributed by atoms with Gasteiger partial charge in [-0.25, -0.2) is 5.06 Å². The van der Waals surface area contributed by atoms with E-state index in [0.29, 0.717) is 28.5 Å². The zero-order chi connectivity index (χ0) is 19.2. The van der Waals surface area contributed by atoms with Crippen LogP contribution in [0.4, 0.5) is 5.69 Å². The number of ether oxygens (including phenoxy) is 1. The molecule has 0 aromatic heterocycles. The Hall–Kier alpha value is -3.50. The predicted octanol–water partition coefficient (Wildman–Crippen LogP) is 1.42. The number of nitrogens with zero attached hydrogens (tertiary/aromatic N) is 1. The molecule has 0 saturated carbocycles. The second-order valence-corrected chi connectivity index (χ2v) is 6.01. The van der Waals surface area contributed by atoms with E-state index >= 15 is 0 Å². The molecule has 3 rings (SSSR count). The molecular weight excluding hydrogens is 346 g/mol. The highest BCUT2D eigenvalue weighted by atomic mass is 16.5. The quantitative estimate of drug-likeness (QED) is 0.432. The maximum Gasteiger partial charge on any atom is 0.268 e. The lowest BCUT2D eigenvalue weighted by atomic mass is 10.1. The van der Waals surface area contributed by atoms with Crippen molar-refractivity contribution >= 4 is 17.5 Å². The van der Waals surface area contributed by atoms with Crippen LogP contribution in [-0.4, -0.2) is 41.3 Å². The van der Waals surface area contributed by atoms with Crippen LogP contribution in [0, 0.1) is 11.8 Å². The smallest absolute Gasteiger partial charge is 0.268 e. The fraction of sp³-hybridized carbons (Fsp3) is 0.200. The molecular formula is C20H19N3O4. The van der Waals surface area contributed by atoms with E-state index in [9.17, 15) is 14.8 Å². The van der Waals surface area contributed by atoms with Gasteiger partial charge in [-0.05, 0) is 55.0 Å². The zero-order valence-electron chi connectivity index (χ0n) is 14.5. The van der Waals surface area contributed by atoms with E-state index in [-0.39, 0.29) is 19.1 Å². The molecule has 1 atom stereocenters. The standard InChI is InChI=1S/C20H19N3O4/c21-16-7-9-17(10-8-16)27-13-1-2-14-3-5-15(6-4-14)19(24)22-18-11-12-23(26)20(18)25/h3-10,18,26H,11-13,21H2,(H,22,24). The summed E-state index contributed by atoms with van der Waals surface area (Å²) < 4.78 is 5.49. The summed E-state index contributed by atoms with van der Waals surface area (Å²) in [6.07, 6.45) is 0.388. The first-order valence-corrected chi connectivity index (χ1v) is 8.41. The van der Waals surface area contributed by atoms with Gasteiger partial charge in [-0.1, -0.05) is 11.8 Å². The molecule has 2 aromatic rings. The fourth-order valence-electron chi connectivity index (χ4n) is 2.57. The summed E-state index contributed by atoms with van der Waals surface area (Å²) >= 11 is 0. The first kappa shape index (κ1) is 18.3. The monoisotopic (exact) mass is 365 g/mol. The van der Waals surface area contributed by atoms with Crippen LogP contribution in [0.3, 0.4) is 0 Å². The SMILES string of the molecule is Nc1ccc(OCC#Cc2ccc(C(=O)NC3CCN(O)C3=O)cc2)cc1. The summed E-state index contributed by atoms with van der Waals surface area (Å²) in [4.78, 5) is 23.8. The minimum Gasteiger partial charge on any atom is -0.481 e. The van der Waals surface area contributed by atoms with Crippen molar-refractivity contribution in [1.29, 1.82) is 0 Å². The Morgan fingerprint density at radius 1 is 1.22 bits per heavy atom. The number of nitrogens with two attached hydrogens (primary N) is 1. The van der Waals surface area contributed by atoms with Crippen molar-refractivity contribution in [2.75, 3.05) is 18.9 Å². The van der Waals surface area contributed by atoms with Gasteiger partial charge < -0.3 is 15.8 Å². The Kier molecular flexibility index (Phi) is 5.59. The third-order valence-electron chi connectivity index (χ3n) is 4.06. The summed E-state index contributed by atoms with van der Waals surface area (Å²) in [5, 5.41) is 12.5. The summed E-state index contributed by atoms with van der Waals surface area (Å²) in [5.41, 5.74) is 7.44. The number of hydroxylamine groups is 2. The lowest BCUT2D eigenvalue weighted by molar-refractivity contribution is -0.158. The maximum absolute atomic E-state index is 12.2. The highest BCUT2D eigenvalue weighted by Gasteiger charge is 2.32. The molecule has 2 aromatic carbocycles. The van der Waals surface area contributed by atoms with Gasteiger partial charge in [0.2, 0.25) is 0 Å². The average Bonchev–Trinajstić information content (AvgIpc) is 2.99. The Bertz CT molecular complexity index is 882. The number of rotatable bonds is 4. The Labute approximate surface area is 156 Å². The number of nitrogen functional groups attached to an aromatic ring is 1. The molecule has 27 heavy (non-hydrogen) atoms. The van der Waals surface area contributed by atoms with Crippen molar-refractivity contribution in [2.24, 2.45) is 0 Å². The van der Waals surface area contributed by atoms with E-state index in [4.69, 9.17) is 10.5 Å². The number of benzene rings is 2. The van der Waals surface area contributed by atoms with E-state index in [1.807, 2.05) is 0 Å². The van der Waals surface area contributed by atoms with Crippen LogP contribution >= 0.6 is 0 Å². The number of nitrogens with one attached hydrogen (secondary N) is 1. The lowest BCUT2D eigenvalue weighted by Gasteiger charge is -2.11. The Morgan fingerprint density at radius 3 is 2.56 bits per heavy atom. The van der Waals surface area contributed by atoms with Crippen molar-refractivity contribution in [2.45, 2.75) is 12.5 Å². The molecule has 138 valence electrons. The van der Waals surface area contributed by atoms with Crippen LogP contribution < -0.4 is 15.8 Å². The molecule has 7 heteroatoms. The van der Waals surface area contributed by atoms with Crippen LogP contribution in [0.5, 0.6) is 5.75 Å². The van der Waals surface area contributed by atoms with Crippen molar-refractivity contribution in [3.63, 3.8) is 0 Å². The fourth-order valence-corrected chi connectivity index (χ4v) is 2.57. The van der Waals surface area contributed by atoms with E-state index in [1.165, 1.54) is 0 Å². The van der Waals surface area contributed by atoms with E-state index in [2.05, 4.69) is 17.2 Å². The third kappa shape index (κ3) is 4.77. The topological polar surface area (TPSA) is 105 Å². The predicted molar refractivity (Wildman–Crippen MR) is 99.0 cm³/mol. The summed E-state index contributed by atoms with van der Waals surface area (Å²) in [7, 11) is 0. The molecule has 1 fully saturated rings. The highest BCUT2D eigenvalue weighted by molar-refractivity contribution is 5.97. The number of amides is 2. The van der Waals surface area contributed by atoms with Gasteiger partial charge in [0.15, 0.2) is 0 Å². The second kappa shape index (κ2) is 8.25. The van der Waals surface area contributed by atoms with Gasteiger partial charge in [0, 0.05) is 16.8 Å². The molecule has 4 N–H and O–H groups in total.